The van der Waals surface area contributed by atoms with E-state index in [1.807, 2.05) is 0 Å². The van der Waals surface area contributed by atoms with Gasteiger partial charge in [0.25, 0.3) is 0 Å². The molecule has 1 nitrogen and oxygen atoms in total. The summed E-state index contributed by atoms with van der Waals surface area (Å²) in [7, 11) is 0. The Morgan fingerprint density at radius 3 is 2.47 bits per heavy atom. The Balaban J connectivity index is 2.78. The summed E-state index contributed by atoms with van der Waals surface area (Å²) in [5.74, 6) is -0.233. The molecule has 3 heteroatoms. The SMILES string of the molecule is CC(C)(C)C(N)Cc1ccc(F)c(Br)c1. The van der Waals surface area contributed by atoms with Crippen molar-refractivity contribution >= 4 is 15.9 Å². The third-order valence-electron chi connectivity index (χ3n) is 2.55. The van der Waals surface area contributed by atoms with E-state index in [1.54, 1.807) is 12.1 Å². The molecule has 2 N–H and O–H groups in total. The van der Waals surface area contributed by atoms with E-state index >= 15 is 0 Å². The van der Waals surface area contributed by atoms with Crippen LogP contribution in [-0.4, -0.2) is 6.04 Å². The maximum absolute atomic E-state index is 13.0. The van der Waals surface area contributed by atoms with Crippen molar-refractivity contribution in [2.75, 3.05) is 0 Å². The highest BCUT2D eigenvalue weighted by Crippen LogP contribution is 2.23. The van der Waals surface area contributed by atoms with E-state index in [4.69, 9.17) is 5.73 Å². The second kappa shape index (κ2) is 4.62. The van der Waals surface area contributed by atoms with Crippen molar-refractivity contribution in [1.29, 1.82) is 0 Å². The van der Waals surface area contributed by atoms with Crippen molar-refractivity contribution in [3.63, 3.8) is 0 Å². The molecule has 0 aliphatic heterocycles. The fourth-order valence-electron chi connectivity index (χ4n) is 1.23. The van der Waals surface area contributed by atoms with E-state index in [0.717, 1.165) is 12.0 Å². The molecule has 0 aromatic heterocycles. The summed E-state index contributed by atoms with van der Waals surface area (Å²) in [6.07, 6.45) is 0.766. The Morgan fingerprint density at radius 2 is 2.00 bits per heavy atom. The molecule has 0 aliphatic rings. The van der Waals surface area contributed by atoms with Gasteiger partial charge in [-0.25, -0.2) is 4.39 Å². The molecule has 15 heavy (non-hydrogen) atoms. The molecule has 0 aliphatic carbocycles. The molecule has 1 aromatic carbocycles. The highest BCUT2D eigenvalue weighted by atomic mass is 79.9. The molecule has 0 heterocycles. The lowest BCUT2D eigenvalue weighted by atomic mass is 9.84. The molecular formula is C12H17BrFN. The first-order valence-corrected chi connectivity index (χ1v) is 5.79. The Bertz CT molecular complexity index is 344. The standard InChI is InChI=1S/C12H17BrFN/c1-12(2,3)11(15)7-8-4-5-10(14)9(13)6-8/h4-6,11H,7,15H2,1-3H3. The van der Waals surface area contributed by atoms with Crippen LogP contribution >= 0.6 is 15.9 Å². The maximum Gasteiger partial charge on any atom is 0.137 e. The molecule has 0 fully saturated rings. The van der Waals surface area contributed by atoms with Crippen molar-refractivity contribution in [2.24, 2.45) is 11.1 Å². The lowest BCUT2D eigenvalue weighted by molar-refractivity contribution is 0.318. The Morgan fingerprint density at radius 1 is 1.40 bits per heavy atom. The Kier molecular flexibility index (Phi) is 3.90. The Hall–Kier alpha value is -0.410. The highest BCUT2D eigenvalue weighted by molar-refractivity contribution is 9.10. The lowest BCUT2D eigenvalue weighted by Gasteiger charge is -2.27. The van der Waals surface area contributed by atoms with E-state index in [2.05, 4.69) is 36.7 Å². The molecule has 0 bridgehead atoms. The van der Waals surface area contributed by atoms with Crippen LogP contribution in [0.4, 0.5) is 4.39 Å². The molecule has 1 unspecified atom stereocenters. The summed E-state index contributed by atoms with van der Waals surface area (Å²) in [5.41, 5.74) is 7.19. The average Bonchev–Trinajstić information content (AvgIpc) is 2.10. The number of nitrogens with two attached hydrogens (primary N) is 1. The van der Waals surface area contributed by atoms with Crippen molar-refractivity contribution < 1.29 is 4.39 Å². The maximum atomic E-state index is 13.0. The van der Waals surface area contributed by atoms with Crippen molar-refractivity contribution in [3.05, 3.63) is 34.1 Å². The smallest absolute Gasteiger partial charge is 0.137 e. The van der Waals surface area contributed by atoms with Crippen molar-refractivity contribution in [3.8, 4) is 0 Å². The van der Waals surface area contributed by atoms with Gasteiger partial charge in [0.15, 0.2) is 0 Å². The molecule has 0 saturated carbocycles. The molecular weight excluding hydrogens is 257 g/mol. The number of rotatable bonds is 2. The van der Waals surface area contributed by atoms with Gasteiger partial charge < -0.3 is 5.73 Å². The van der Waals surface area contributed by atoms with Crippen LogP contribution in [0.1, 0.15) is 26.3 Å². The predicted octanol–water partition coefficient (Wildman–Crippen LogP) is 3.50. The van der Waals surface area contributed by atoms with E-state index in [9.17, 15) is 4.39 Å². The van der Waals surface area contributed by atoms with E-state index in [0.29, 0.717) is 4.47 Å². The van der Waals surface area contributed by atoms with Crippen LogP contribution in [0, 0.1) is 11.2 Å². The van der Waals surface area contributed by atoms with Gasteiger partial charge in [0, 0.05) is 6.04 Å². The third kappa shape index (κ3) is 3.58. The van der Waals surface area contributed by atoms with Crippen LogP contribution < -0.4 is 5.73 Å². The minimum Gasteiger partial charge on any atom is -0.327 e. The number of benzene rings is 1. The van der Waals surface area contributed by atoms with Gasteiger partial charge in [-0.15, -0.1) is 0 Å². The summed E-state index contributed by atoms with van der Waals surface area (Å²) >= 11 is 3.17. The van der Waals surface area contributed by atoms with Gasteiger partial charge in [-0.1, -0.05) is 26.8 Å². The molecule has 0 amide bonds. The number of hydrogen-bond acceptors (Lipinski definition) is 1. The summed E-state index contributed by atoms with van der Waals surface area (Å²) in [4.78, 5) is 0. The van der Waals surface area contributed by atoms with Gasteiger partial charge in [0.2, 0.25) is 0 Å². The molecule has 0 spiro atoms. The fourth-order valence-corrected chi connectivity index (χ4v) is 1.65. The predicted molar refractivity (Wildman–Crippen MR) is 65.2 cm³/mol. The lowest BCUT2D eigenvalue weighted by Crippen LogP contribution is -2.36. The summed E-state index contributed by atoms with van der Waals surface area (Å²) in [5, 5.41) is 0. The first-order chi connectivity index (χ1) is 6.80. The highest BCUT2D eigenvalue weighted by Gasteiger charge is 2.20. The first-order valence-electron chi connectivity index (χ1n) is 5.00. The average molecular weight is 274 g/mol. The second-order valence-electron chi connectivity index (χ2n) is 4.93. The van der Waals surface area contributed by atoms with Crippen LogP contribution in [-0.2, 0) is 6.42 Å². The largest absolute Gasteiger partial charge is 0.327 e. The quantitative estimate of drug-likeness (QED) is 0.877. The number of halogens is 2. The molecule has 0 radical (unpaired) electrons. The van der Waals surface area contributed by atoms with Crippen LogP contribution in [0.3, 0.4) is 0 Å². The van der Waals surface area contributed by atoms with Crippen LogP contribution in [0.5, 0.6) is 0 Å². The monoisotopic (exact) mass is 273 g/mol. The van der Waals surface area contributed by atoms with Gasteiger partial charge in [-0.05, 0) is 45.5 Å². The minimum atomic E-state index is -0.233. The molecule has 1 aromatic rings. The molecule has 1 atom stereocenters. The van der Waals surface area contributed by atoms with Gasteiger partial charge in [-0.3, -0.25) is 0 Å². The van der Waals surface area contributed by atoms with E-state index in [1.165, 1.54) is 6.07 Å². The summed E-state index contributed by atoms with van der Waals surface area (Å²) in [6.45, 7) is 6.32. The van der Waals surface area contributed by atoms with Crippen molar-refractivity contribution in [1.82, 2.24) is 0 Å². The van der Waals surface area contributed by atoms with Gasteiger partial charge in [0.1, 0.15) is 5.82 Å². The minimum absolute atomic E-state index is 0.0703. The third-order valence-corrected chi connectivity index (χ3v) is 3.16. The van der Waals surface area contributed by atoms with Gasteiger partial charge >= 0.3 is 0 Å². The summed E-state index contributed by atoms with van der Waals surface area (Å²) in [6, 6.07) is 5.12. The van der Waals surface area contributed by atoms with Gasteiger partial charge in [-0.2, -0.15) is 0 Å². The van der Waals surface area contributed by atoms with Crippen molar-refractivity contribution in [2.45, 2.75) is 33.2 Å². The topological polar surface area (TPSA) is 26.0 Å². The van der Waals surface area contributed by atoms with Gasteiger partial charge in [0.05, 0.1) is 4.47 Å². The first kappa shape index (κ1) is 12.7. The van der Waals surface area contributed by atoms with Crippen LogP contribution in [0.2, 0.25) is 0 Å². The van der Waals surface area contributed by atoms with E-state index < -0.39 is 0 Å². The number of hydrogen-bond donors (Lipinski definition) is 1. The van der Waals surface area contributed by atoms with Crippen LogP contribution in [0.25, 0.3) is 0 Å². The van der Waals surface area contributed by atoms with Crippen LogP contribution in [0.15, 0.2) is 22.7 Å². The molecule has 84 valence electrons. The zero-order chi connectivity index (χ0) is 11.6. The zero-order valence-electron chi connectivity index (χ0n) is 9.35. The second-order valence-corrected chi connectivity index (χ2v) is 5.78. The zero-order valence-corrected chi connectivity index (χ0v) is 10.9. The molecule has 0 saturated heterocycles. The molecule has 1 rings (SSSR count). The fraction of sp³-hybridized carbons (Fsp3) is 0.500. The summed E-state index contributed by atoms with van der Waals surface area (Å²) < 4.78 is 13.5. The van der Waals surface area contributed by atoms with E-state index in [-0.39, 0.29) is 17.3 Å². The normalized spacial score (nSPS) is 14.0. The Labute approximate surface area is 99.0 Å².